The zero-order chi connectivity index (χ0) is 15.0. The summed E-state index contributed by atoms with van der Waals surface area (Å²) in [7, 11) is 0. The van der Waals surface area contributed by atoms with Crippen molar-refractivity contribution < 1.29 is 9.59 Å². The molecule has 1 amide bonds. The largest absolute Gasteiger partial charge is 0.304 e. The fourth-order valence-corrected chi connectivity index (χ4v) is 2.80. The molecule has 1 aromatic carbocycles. The van der Waals surface area contributed by atoms with E-state index in [1.807, 2.05) is 38.1 Å². The van der Waals surface area contributed by atoms with Gasteiger partial charge in [-0.3, -0.25) is 14.6 Å². The van der Waals surface area contributed by atoms with Gasteiger partial charge in [0, 0.05) is 18.9 Å². The molecule has 2 heterocycles. The Hall–Kier alpha value is -2.49. The lowest BCUT2D eigenvalue weighted by Crippen LogP contribution is -2.31. The predicted octanol–water partition coefficient (Wildman–Crippen LogP) is 2.47. The van der Waals surface area contributed by atoms with E-state index in [-0.39, 0.29) is 0 Å². The van der Waals surface area contributed by atoms with Crippen molar-refractivity contribution in [2.45, 2.75) is 20.3 Å². The first-order valence-corrected chi connectivity index (χ1v) is 6.94. The molecule has 0 saturated heterocycles. The van der Waals surface area contributed by atoms with Crippen molar-refractivity contribution in [2.24, 2.45) is 0 Å². The summed E-state index contributed by atoms with van der Waals surface area (Å²) in [5.41, 5.74) is 4.33. The molecule has 0 radical (unpaired) electrons. The molecule has 3 rings (SSSR count). The Labute approximate surface area is 123 Å². The summed E-state index contributed by atoms with van der Waals surface area (Å²) in [5.74, 6) is -0.815. The number of nitrogens with zero attached hydrogens (tertiary/aromatic N) is 2. The number of aryl methyl sites for hydroxylation is 2. The van der Waals surface area contributed by atoms with Crippen LogP contribution in [0.15, 0.2) is 36.7 Å². The lowest BCUT2D eigenvalue weighted by molar-refractivity contribution is -0.114. The number of rotatable bonds is 3. The van der Waals surface area contributed by atoms with Gasteiger partial charge < -0.3 is 4.90 Å². The Morgan fingerprint density at radius 1 is 1.10 bits per heavy atom. The fraction of sp³-hybridized carbons (Fsp3) is 0.235. The molecule has 0 N–H and O–H groups in total. The number of anilines is 1. The third-order valence-corrected chi connectivity index (χ3v) is 3.79. The van der Waals surface area contributed by atoms with Crippen molar-refractivity contribution in [3.8, 4) is 0 Å². The van der Waals surface area contributed by atoms with Crippen LogP contribution in [0.3, 0.4) is 0 Å². The molecule has 0 atom stereocenters. The van der Waals surface area contributed by atoms with Crippen LogP contribution in [0.25, 0.3) is 0 Å². The van der Waals surface area contributed by atoms with Crippen LogP contribution in [0.1, 0.15) is 27.0 Å². The molecular formula is C17H16N2O2. The van der Waals surface area contributed by atoms with Gasteiger partial charge in [-0.15, -0.1) is 0 Å². The molecule has 0 unspecified atom stereocenters. The number of hydrogen-bond acceptors (Lipinski definition) is 3. The van der Waals surface area contributed by atoms with E-state index in [4.69, 9.17) is 0 Å². The Balaban J connectivity index is 1.91. The van der Waals surface area contributed by atoms with E-state index >= 15 is 0 Å². The van der Waals surface area contributed by atoms with Crippen molar-refractivity contribution in [2.75, 3.05) is 11.4 Å². The van der Waals surface area contributed by atoms with Crippen molar-refractivity contribution >= 4 is 17.4 Å². The quantitative estimate of drug-likeness (QED) is 0.812. The first-order chi connectivity index (χ1) is 10.1. The number of hydrogen-bond donors (Lipinski definition) is 0. The third kappa shape index (κ3) is 2.33. The monoisotopic (exact) mass is 280 g/mol. The highest BCUT2D eigenvalue weighted by molar-refractivity contribution is 6.52. The van der Waals surface area contributed by atoms with Crippen LogP contribution in [-0.2, 0) is 11.2 Å². The van der Waals surface area contributed by atoms with Gasteiger partial charge in [-0.1, -0.05) is 6.07 Å². The number of fused-ring (bicyclic) bond motifs is 1. The van der Waals surface area contributed by atoms with Gasteiger partial charge in [0.2, 0.25) is 0 Å². The second kappa shape index (κ2) is 5.13. The Morgan fingerprint density at radius 3 is 2.52 bits per heavy atom. The highest BCUT2D eigenvalue weighted by Crippen LogP contribution is 2.32. The summed E-state index contributed by atoms with van der Waals surface area (Å²) >= 11 is 0. The summed E-state index contributed by atoms with van der Waals surface area (Å²) < 4.78 is 0. The fourth-order valence-electron chi connectivity index (χ4n) is 2.80. The number of amides is 1. The molecule has 0 saturated carbocycles. The number of carbonyl (C=O) groups excluding carboxylic acids is 2. The van der Waals surface area contributed by atoms with Crippen LogP contribution in [0.5, 0.6) is 0 Å². The topological polar surface area (TPSA) is 50.3 Å². The molecular weight excluding hydrogens is 264 g/mol. The van der Waals surface area contributed by atoms with Crippen molar-refractivity contribution in [1.29, 1.82) is 0 Å². The number of ketones is 1. The molecule has 4 heteroatoms. The maximum atomic E-state index is 12.2. The van der Waals surface area contributed by atoms with E-state index in [1.54, 1.807) is 17.3 Å². The minimum Gasteiger partial charge on any atom is -0.304 e. The van der Waals surface area contributed by atoms with Gasteiger partial charge in [-0.2, -0.15) is 0 Å². The van der Waals surface area contributed by atoms with E-state index in [0.717, 1.165) is 22.4 Å². The molecule has 4 nitrogen and oxygen atoms in total. The van der Waals surface area contributed by atoms with Gasteiger partial charge in [0.1, 0.15) is 0 Å². The third-order valence-electron chi connectivity index (χ3n) is 3.79. The minimum absolute atomic E-state index is 0.391. The van der Waals surface area contributed by atoms with Crippen LogP contribution >= 0.6 is 0 Å². The van der Waals surface area contributed by atoms with Crippen LogP contribution in [0.4, 0.5) is 5.69 Å². The zero-order valence-corrected chi connectivity index (χ0v) is 12.1. The summed E-state index contributed by atoms with van der Waals surface area (Å²) in [6.45, 7) is 4.36. The second-order valence-corrected chi connectivity index (χ2v) is 5.37. The highest BCUT2D eigenvalue weighted by Gasteiger charge is 2.36. The number of carbonyl (C=O) groups is 2. The molecule has 1 aliphatic heterocycles. The van der Waals surface area contributed by atoms with E-state index in [1.165, 1.54) is 0 Å². The normalized spacial score (nSPS) is 13.7. The van der Waals surface area contributed by atoms with Crippen molar-refractivity contribution in [3.05, 3.63) is 58.9 Å². The molecule has 1 aliphatic rings. The molecule has 0 bridgehead atoms. The van der Waals surface area contributed by atoms with Crippen LogP contribution in [-0.4, -0.2) is 23.2 Å². The van der Waals surface area contributed by atoms with Gasteiger partial charge >= 0.3 is 0 Å². The lowest BCUT2D eigenvalue weighted by atomic mass is 10.0. The van der Waals surface area contributed by atoms with E-state index in [0.29, 0.717) is 18.5 Å². The number of aromatic nitrogens is 1. The van der Waals surface area contributed by atoms with Crippen molar-refractivity contribution in [3.63, 3.8) is 0 Å². The van der Waals surface area contributed by atoms with Crippen molar-refractivity contribution in [1.82, 2.24) is 4.98 Å². The van der Waals surface area contributed by atoms with Crippen LogP contribution in [0, 0.1) is 13.8 Å². The average Bonchev–Trinajstić information content (AvgIpc) is 2.70. The van der Waals surface area contributed by atoms with Gasteiger partial charge in [-0.05, 0) is 55.2 Å². The predicted molar refractivity (Wildman–Crippen MR) is 80.5 cm³/mol. The molecule has 21 heavy (non-hydrogen) atoms. The van der Waals surface area contributed by atoms with Crippen LogP contribution in [0.2, 0.25) is 0 Å². The smallest absolute Gasteiger partial charge is 0.299 e. The molecule has 0 fully saturated rings. The summed E-state index contributed by atoms with van der Waals surface area (Å²) in [5, 5.41) is 0. The van der Waals surface area contributed by atoms with Gasteiger partial charge in [0.25, 0.3) is 11.7 Å². The molecule has 0 spiro atoms. The first kappa shape index (κ1) is 13.5. The average molecular weight is 280 g/mol. The standard InChI is InChI=1S/C17H16N2O2/c1-11-9-12(2)15-14(10-11)19(17(21)16(15)20)8-5-13-3-6-18-7-4-13/h3-4,6-7,9-10H,5,8H2,1-2H3. The van der Waals surface area contributed by atoms with Gasteiger partial charge in [-0.25, -0.2) is 0 Å². The Bertz CT molecular complexity index is 723. The number of pyridine rings is 1. The Morgan fingerprint density at radius 2 is 1.81 bits per heavy atom. The van der Waals surface area contributed by atoms with E-state index < -0.39 is 11.7 Å². The number of Topliss-reactive ketones (excluding diaryl/α,β-unsaturated/α-hetero) is 1. The van der Waals surface area contributed by atoms with Gasteiger partial charge in [0.15, 0.2) is 0 Å². The first-order valence-electron chi connectivity index (χ1n) is 6.94. The SMILES string of the molecule is Cc1cc(C)c2c(c1)N(CCc1ccncc1)C(=O)C2=O. The lowest BCUT2D eigenvalue weighted by Gasteiger charge is -2.17. The molecule has 2 aromatic rings. The van der Waals surface area contributed by atoms with Crippen LogP contribution < -0.4 is 4.90 Å². The summed E-state index contributed by atoms with van der Waals surface area (Å²) in [6, 6.07) is 7.70. The minimum atomic E-state index is -0.423. The maximum absolute atomic E-state index is 12.2. The molecule has 1 aromatic heterocycles. The second-order valence-electron chi connectivity index (χ2n) is 5.37. The van der Waals surface area contributed by atoms with E-state index in [9.17, 15) is 9.59 Å². The molecule has 0 aliphatic carbocycles. The summed E-state index contributed by atoms with van der Waals surface area (Å²) in [4.78, 5) is 29.9. The number of benzene rings is 1. The highest BCUT2D eigenvalue weighted by atomic mass is 16.2. The summed E-state index contributed by atoms with van der Waals surface area (Å²) in [6.07, 6.45) is 4.16. The Kier molecular flexibility index (Phi) is 3.29. The van der Waals surface area contributed by atoms with Gasteiger partial charge in [0.05, 0.1) is 11.3 Å². The maximum Gasteiger partial charge on any atom is 0.299 e. The zero-order valence-electron chi connectivity index (χ0n) is 12.1. The van der Waals surface area contributed by atoms with E-state index in [2.05, 4.69) is 4.98 Å². The molecule has 106 valence electrons.